The number of benzene rings is 1. The molecule has 0 aromatic heterocycles. The minimum Gasteiger partial charge on any atom is -0.255 e. The highest BCUT2D eigenvalue weighted by atomic mass is 19.1. The third-order valence-electron chi connectivity index (χ3n) is 2.82. The summed E-state index contributed by atoms with van der Waals surface area (Å²) < 4.78 is 9.50. The summed E-state index contributed by atoms with van der Waals surface area (Å²) in [5.41, 5.74) is 1.52. The molecule has 0 saturated heterocycles. The van der Waals surface area contributed by atoms with Crippen molar-refractivity contribution in [1.82, 2.24) is 0 Å². The summed E-state index contributed by atoms with van der Waals surface area (Å²) in [5.74, 6) is 0.841. The highest BCUT2D eigenvalue weighted by Crippen LogP contribution is 2.31. The van der Waals surface area contributed by atoms with E-state index in [1.54, 1.807) is 0 Å². The highest BCUT2D eigenvalue weighted by Gasteiger charge is 2.14. The third-order valence-corrected chi connectivity index (χ3v) is 2.82. The molecule has 2 rings (SSSR count). The Morgan fingerprint density at radius 1 is 1.07 bits per heavy atom. The molecule has 0 nitrogen and oxygen atoms in total. The molecule has 1 aliphatic rings. The maximum atomic E-state index is 9.50. The zero-order chi connectivity index (χ0) is 10.2. The van der Waals surface area contributed by atoms with Gasteiger partial charge in [0.1, 0.15) is 0 Å². The van der Waals surface area contributed by atoms with Gasteiger partial charge in [0.25, 0.3) is 0 Å². The second-order valence-electron chi connectivity index (χ2n) is 3.67. The second-order valence-corrected chi connectivity index (χ2v) is 3.67. The predicted molar refractivity (Wildman–Crippen MR) is 58.1 cm³/mol. The van der Waals surface area contributed by atoms with Crippen LogP contribution in [0.2, 0.25) is 0 Å². The van der Waals surface area contributed by atoms with E-state index in [9.17, 15) is 4.39 Å². The molecule has 0 N–H and O–H groups in total. The van der Waals surface area contributed by atoms with Gasteiger partial charge >= 0.3 is 0 Å². The summed E-state index contributed by atoms with van der Waals surface area (Å²) in [6, 6.07) is 11.6. The van der Waals surface area contributed by atoms with Crippen LogP contribution < -0.4 is 0 Å². The zero-order valence-corrected chi connectivity index (χ0v) is 8.80. The molecule has 0 bridgehead atoms. The molecule has 1 aromatic rings. The van der Waals surface area contributed by atoms with Crippen molar-refractivity contribution in [2.75, 3.05) is 7.18 Å². The van der Waals surface area contributed by atoms with E-state index in [1.807, 2.05) is 12.1 Å². The van der Waals surface area contributed by atoms with Crippen LogP contribution in [0, 0.1) is 6.07 Å². The first-order valence-electron chi connectivity index (χ1n) is 5.30. The number of hydrogen-bond donors (Lipinski definition) is 0. The van der Waals surface area contributed by atoms with E-state index in [-0.39, 0.29) is 0 Å². The van der Waals surface area contributed by atoms with Gasteiger partial charge in [0, 0.05) is 0 Å². The van der Waals surface area contributed by atoms with E-state index < -0.39 is 0 Å². The molecule has 0 atom stereocenters. The number of hydrogen-bond acceptors (Lipinski definition) is 0. The van der Waals surface area contributed by atoms with Crippen LogP contribution in [0.15, 0.2) is 24.3 Å². The smallest absolute Gasteiger partial charge is 0.0785 e. The number of halogens is 1. The average molecular weight is 193 g/mol. The Balaban J connectivity index is 0.000000461. The Hall–Kier alpha value is -0.850. The third kappa shape index (κ3) is 3.13. The molecule has 0 aliphatic heterocycles. The highest BCUT2D eigenvalue weighted by molar-refractivity contribution is 5.18. The van der Waals surface area contributed by atoms with Crippen LogP contribution >= 0.6 is 0 Å². The van der Waals surface area contributed by atoms with E-state index in [0.717, 1.165) is 5.92 Å². The Kier molecular flexibility index (Phi) is 5.28. The molecule has 0 spiro atoms. The van der Waals surface area contributed by atoms with Crippen molar-refractivity contribution in [2.24, 2.45) is 0 Å². The number of alkyl halides is 1. The SMILES string of the molecule is CF.[c]1ccc(C2CCCCC2)cc1. The Bertz CT molecular complexity index is 224. The van der Waals surface area contributed by atoms with Crippen LogP contribution in [-0.2, 0) is 0 Å². The van der Waals surface area contributed by atoms with Crippen LogP contribution in [0.25, 0.3) is 0 Å². The summed E-state index contributed by atoms with van der Waals surface area (Å²) in [6.07, 6.45) is 7.07. The van der Waals surface area contributed by atoms with Gasteiger partial charge in [0.15, 0.2) is 0 Å². The topological polar surface area (TPSA) is 0 Å². The van der Waals surface area contributed by atoms with Crippen LogP contribution in [0.5, 0.6) is 0 Å². The van der Waals surface area contributed by atoms with Gasteiger partial charge < -0.3 is 0 Å². The van der Waals surface area contributed by atoms with Crippen LogP contribution in [0.3, 0.4) is 0 Å². The van der Waals surface area contributed by atoms with Gasteiger partial charge in [0.2, 0.25) is 0 Å². The molecule has 1 radical (unpaired) electrons. The summed E-state index contributed by atoms with van der Waals surface area (Å²) in [5, 5.41) is 0. The molecule has 0 unspecified atom stereocenters. The van der Waals surface area contributed by atoms with Crippen molar-refractivity contribution in [3.05, 3.63) is 35.9 Å². The van der Waals surface area contributed by atoms with E-state index in [2.05, 4.69) is 18.2 Å². The van der Waals surface area contributed by atoms with Crippen molar-refractivity contribution in [3.8, 4) is 0 Å². The summed E-state index contributed by atoms with van der Waals surface area (Å²) in [7, 11) is 0.500. The molecule has 0 amide bonds. The summed E-state index contributed by atoms with van der Waals surface area (Å²) in [6.45, 7) is 0. The van der Waals surface area contributed by atoms with E-state index in [0.29, 0.717) is 7.18 Å². The lowest BCUT2D eigenvalue weighted by atomic mass is 9.84. The molecule has 0 heterocycles. The fourth-order valence-corrected chi connectivity index (χ4v) is 2.11. The van der Waals surface area contributed by atoms with Gasteiger partial charge in [0.05, 0.1) is 7.18 Å². The van der Waals surface area contributed by atoms with Crippen LogP contribution in [0.4, 0.5) is 4.39 Å². The predicted octanol–water partition coefficient (Wildman–Crippen LogP) is 4.12. The van der Waals surface area contributed by atoms with E-state index >= 15 is 0 Å². The zero-order valence-electron chi connectivity index (χ0n) is 8.80. The fourth-order valence-electron chi connectivity index (χ4n) is 2.11. The largest absolute Gasteiger partial charge is 0.255 e. The molecule has 1 aromatic carbocycles. The maximum absolute atomic E-state index is 9.50. The Labute approximate surface area is 86.2 Å². The van der Waals surface area contributed by atoms with Crippen molar-refractivity contribution >= 4 is 0 Å². The maximum Gasteiger partial charge on any atom is 0.0785 e. The van der Waals surface area contributed by atoms with Crippen molar-refractivity contribution in [2.45, 2.75) is 38.0 Å². The van der Waals surface area contributed by atoms with Crippen LogP contribution in [0.1, 0.15) is 43.6 Å². The van der Waals surface area contributed by atoms with E-state index in [4.69, 9.17) is 0 Å². The van der Waals surface area contributed by atoms with E-state index in [1.165, 1.54) is 37.7 Å². The second kappa shape index (κ2) is 6.58. The fraction of sp³-hybridized carbons (Fsp3) is 0.538. The molecule has 14 heavy (non-hydrogen) atoms. The number of rotatable bonds is 1. The van der Waals surface area contributed by atoms with Crippen molar-refractivity contribution < 1.29 is 4.39 Å². The molecule has 77 valence electrons. The van der Waals surface area contributed by atoms with Crippen molar-refractivity contribution in [1.29, 1.82) is 0 Å². The van der Waals surface area contributed by atoms with Gasteiger partial charge in [-0.15, -0.1) is 0 Å². The van der Waals surface area contributed by atoms with Gasteiger partial charge in [-0.25, -0.2) is 0 Å². The first-order valence-corrected chi connectivity index (χ1v) is 5.30. The lowest BCUT2D eigenvalue weighted by Gasteiger charge is -2.21. The first kappa shape index (κ1) is 11.2. The molecular formula is C13H18F. The molecule has 1 aliphatic carbocycles. The summed E-state index contributed by atoms with van der Waals surface area (Å²) >= 11 is 0. The minimum atomic E-state index is 0.500. The standard InChI is InChI=1S/C12H15.CH3F/c1-3-7-11(8-4-1)12-9-5-2-6-10-12;1-2/h5-6,9-11H,1,3-4,7-8H2;1H3. The Morgan fingerprint density at radius 2 is 1.64 bits per heavy atom. The van der Waals surface area contributed by atoms with Gasteiger partial charge in [-0.2, -0.15) is 0 Å². The van der Waals surface area contributed by atoms with Gasteiger partial charge in [-0.3, -0.25) is 4.39 Å². The van der Waals surface area contributed by atoms with Gasteiger partial charge in [-0.1, -0.05) is 43.5 Å². The normalized spacial score (nSPS) is 17.0. The summed E-state index contributed by atoms with van der Waals surface area (Å²) in [4.78, 5) is 0. The average Bonchev–Trinajstić information content (AvgIpc) is 2.34. The lowest BCUT2D eigenvalue weighted by molar-refractivity contribution is 0.443. The molecular weight excluding hydrogens is 175 g/mol. The Morgan fingerprint density at radius 3 is 2.21 bits per heavy atom. The first-order chi connectivity index (χ1) is 6.97. The quantitative estimate of drug-likeness (QED) is 0.629. The monoisotopic (exact) mass is 193 g/mol. The minimum absolute atomic E-state index is 0.500. The van der Waals surface area contributed by atoms with Crippen LogP contribution in [-0.4, -0.2) is 7.18 Å². The molecule has 1 heteroatoms. The molecule has 1 saturated carbocycles. The lowest BCUT2D eigenvalue weighted by Crippen LogP contribution is -2.03. The molecule has 1 fully saturated rings. The van der Waals surface area contributed by atoms with Gasteiger partial charge in [-0.05, 0) is 30.4 Å². The van der Waals surface area contributed by atoms with Crippen molar-refractivity contribution in [3.63, 3.8) is 0 Å².